The summed E-state index contributed by atoms with van der Waals surface area (Å²) in [4.78, 5) is 17.1. The third-order valence-corrected chi connectivity index (χ3v) is 3.25. The van der Waals surface area contributed by atoms with E-state index in [0.717, 1.165) is 36.3 Å². The van der Waals surface area contributed by atoms with Crippen molar-refractivity contribution in [2.75, 3.05) is 11.9 Å². The smallest absolute Gasteiger partial charge is 0.223 e. The van der Waals surface area contributed by atoms with Gasteiger partial charge in [0, 0.05) is 42.6 Å². The van der Waals surface area contributed by atoms with Gasteiger partial charge in [-0.3, -0.25) is 9.97 Å². The lowest BCUT2D eigenvalue weighted by Crippen LogP contribution is -2.07. The topological polar surface area (TPSA) is 63.6 Å². The molecule has 0 atom stereocenters. The molecule has 110 valence electrons. The maximum absolute atomic E-state index is 4.52. The number of aromatic nitrogens is 4. The molecule has 0 unspecified atom stereocenters. The second-order valence-electron chi connectivity index (χ2n) is 4.85. The number of hydrogen-bond acceptors (Lipinski definition) is 5. The van der Waals surface area contributed by atoms with Crippen molar-refractivity contribution in [2.45, 2.75) is 12.8 Å². The molecule has 0 radical (unpaired) electrons. The van der Waals surface area contributed by atoms with Crippen LogP contribution in [0.3, 0.4) is 0 Å². The summed E-state index contributed by atoms with van der Waals surface area (Å²) in [5.41, 5.74) is 3.04. The van der Waals surface area contributed by atoms with Crippen molar-refractivity contribution in [1.82, 2.24) is 19.9 Å². The number of anilines is 1. The highest BCUT2D eigenvalue weighted by molar-refractivity contribution is 5.58. The SMILES string of the molecule is c1ccc(CCCNc2nccc(-c3ccncc3)n2)nc1. The van der Waals surface area contributed by atoms with E-state index in [9.17, 15) is 0 Å². The predicted molar refractivity (Wildman–Crippen MR) is 86.3 cm³/mol. The predicted octanol–water partition coefficient (Wildman–Crippen LogP) is 2.98. The summed E-state index contributed by atoms with van der Waals surface area (Å²) in [6.45, 7) is 0.816. The van der Waals surface area contributed by atoms with E-state index in [0.29, 0.717) is 5.95 Å². The first-order valence-corrected chi connectivity index (χ1v) is 7.29. The lowest BCUT2D eigenvalue weighted by Gasteiger charge is -2.06. The third kappa shape index (κ3) is 3.85. The monoisotopic (exact) mass is 291 g/mol. The van der Waals surface area contributed by atoms with E-state index >= 15 is 0 Å². The second kappa shape index (κ2) is 7.26. The van der Waals surface area contributed by atoms with Crippen molar-refractivity contribution in [2.24, 2.45) is 0 Å². The van der Waals surface area contributed by atoms with Crippen LogP contribution in [-0.2, 0) is 6.42 Å². The molecule has 0 fully saturated rings. The fraction of sp³-hybridized carbons (Fsp3) is 0.176. The first-order chi connectivity index (χ1) is 10.9. The van der Waals surface area contributed by atoms with E-state index in [-0.39, 0.29) is 0 Å². The Labute approximate surface area is 129 Å². The molecule has 0 amide bonds. The fourth-order valence-electron chi connectivity index (χ4n) is 2.14. The van der Waals surface area contributed by atoms with Crippen LogP contribution < -0.4 is 5.32 Å². The minimum atomic E-state index is 0.648. The Morgan fingerprint density at radius 3 is 2.59 bits per heavy atom. The van der Waals surface area contributed by atoms with Gasteiger partial charge in [0.15, 0.2) is 0 Å². The van der Waals surface area contributed by atoms with Gasteiger partial charge in [0.05, 0.1) is 5.69 Å². The lowest BCUT2D eigenvalue weighted by molar-refractivity contribution is 0.828. The van der Waals surface area contributed by atoms with E-state index in [4.69, 9.17) is 0 Å². The molecule has 0 aromatic carbocycles. The van der Waals surface area contributed by atoms with Crippen LogP contribution in [0, 0.1) is 0 Å². The summed E-state index contributed by atoms with van der Waals surface area (Å²) in [6, 6.07) is 11.8. The van der Waals surface area contributed by atoms with Crippen molar-refractivity contribution >= 4 is 5.95 Å². The second-order valence-corrected chi connectivity index (χ2v) is 4.85. The number of pyridine rings is 2. The summed E-state index contributed by atoms with van der Waals surface area (Å²) in [5, 5.41) is 3.26. The van der Waals surface area contributed by atoms with Crippen LogP contribution in [0.25, 0.3) is 11.3 Å². The van der Waals surface area contributed by atoms with Gasteiger partial charge < -0.3 is 5.32 Å². The molecular weight excluding hydrogens is 274 g/mol. The van der Waals surface area contributed by atoms with Crippen molar-refractivity contribution in [3.05, 3.63) is 66.9 Å². The van der Waals surface area contributed by atoms with E-state index in [1.807, 2.05) is 42.6 Å². The summed E-state index contributed by atoms with van der Waals surface area (Å²) in [6.07, 6.45) is 9.04. The van der Waals surface area contributed by atoms with Gasteiger partial charge in [-0.15, -0.1) is 0 Å². The fourth-order valence-corrected chi connectivity index (χ4v) is 2.14. The zero-order valence-electron chi connectivity index (χ0n) is 12.2. The van der Waals surface area contributed by atoms with E-state index in [2.05, 4.69) is 25.3 Å². The minimum absolute atomic E-state index is 0.648. The molecule has 0 aliphatic heterocycles. The summed E-state index contributed by atoms with van der Waals surface area (Å²) >= 11 is 0. The summed E-state index contributed by atoms with van der Waals surface area (Å²) in [5.74, 6) is 0.648. The molecule has 22 heavy (non-hydrogen) atoms. The first kappa shape index (κ1) is 14.1. The molecule has 0 bridgehead atoms. The zero-order chi connectivity index (χ0) is 15.0. The van der Waals surface area contributed by atoms with Gasteiger partial charge in [-0.05, 0) is 43.2 Å². The van der Waals surface area contributed by atoms with E-state index < -0.39 is 0 Å². The lowest BCUT2D eigenvalue weighted by atomic mass is 10.2. The Bertz CT molecular complexity index is 701. The van der Waals surface area contributed by atoms with Crippen LogP contribution in [0.5, 0.6) is 0 Å². The maximum atomic E-state index is 4.52. The normalized spacial score (nSPS) is 10.4. The molecule has 0 aliphatic rings. The van der Waals surface area contributed by atoms with Gasteiger partial charge in [0.2, 0.25) is 5.95 Å². The van der Waals surface area contributed by atoms with Crippen LogP contribution in [0.2, 0.25) is 0 Å². The molecule has 0 spiro atoms. The first-order valence-electron chi connectivity index (χ1n) is 7.29. The number of aryl methyl sites for hydroxylation is 1. The van der Waals surface area contributed by atoms with Crippen LogP contribution in [-0.4, -0.2) is 26.5 Å². The Morgan fingerprint density at radius 1 is 0.864 bits per heavy atom. The molecule has 3 heterocycles. The van der Waals surface area contributed by atoms with E-state index in [1.54, 1.807) is 18.6 Å². The van der Waals surface area contributed by atoms with Gasteiger partial charge in [-0.1, -0.05) is 6.07 Å². The zero-order valence-corrected chi connectivity index (χ0v) is 12.2. The van der Waals surface area contributed by atoms with E-state index in [1.165, 1.54) is 0 Å². The summed E-state index contributed by atoms with van der Waals surface area (Å²) < 4.78 is 0. The minimum Gasteiger partial charge on any atom is -0.354 e. The highest BCUT2D eigenvalue weighted by Crippen LogP contribution is 2.16. The molecule has 5 heteroatoms. The van der Waals surface area contributed by atoms with Gasteiger partial charge in [-0.25, -0.2) is 9.97 Å². The van der Waals surface area contributed by atoms with Crippen molar-refractivity contribution in [3.63, 3.8) is 0 Å². The molecule has 3 aromatic heterocycles. The molecule has 5 nitrogen and oxygen atoms in total. The molecule has 1 N–H and O–H groups in total. The number of nitrogens with one attached hydrogen (secondary N) is 1. The number of rotatable bonds is 6. The largest absolute Gasteiger partial charge is 0.354 e. The molecule has 3 aromatic rings. The Hall–Kier alpha value is -2.82. The van der Waals surface area contributed by atoms with Crippen LogP contribution >= 0.6 is 0 Å². The van der Waals surface area contributed by atoms with Crippen molar-refractivity contribution in [3.8, 4) is 11.3 Å². The molecular formula is C17H17N5. The highest BCUT2D eigenvalue weighted by atomic mass is 15.1. The molecule has 0 saturated heterocycles. The third-order valence-electron chi connectivity index (χ3n) is 3.25. The van der Waals surface area contributed by atoms with Crippen molar-refractivity contribution in [1.29, 1.82) is 0 Å². The molecule has 0 saturated carbocycles. The van der Waals surface area contributed by atoms with Gasteiger partial charge >= 0.3 is 0 Å². The maximum Gasteiger partial charge on any atom is 0.223 e. The number of hydrogen-bond donors (Lipinski definition) is 1. The summed E-state index contributed by atoms with van der Waals surface area (Å²) in [7, 11) is 0. The Morgan fingerprint density at radius 2 is 1.77 bits per heavy atom. The quantitative estimate of drug-likeness (QED) is 0.707. The average molecular weight is 291 g/mol. The van der Waals surface area contributed by atoms with Crippen LogP contribution in [0.15, 0.2) is 61.2 Å². The average Bonchev–Trinajstić information content (AvgIpc) is 2.61. The molecule has 0 aliphatic carbocycles. The molecule has 3 rings (SSSR count). The Balaban J connectivity index is 1.55. The van der Waals surface area contributed by atoms with Crippen LogP contribution in [0.4, 0.5) is 5.95 Å². The van der Waals surface area contributed by atoms with Gasteiger partial charge in [0.1, 0.15) is 0 Å². The van der Waals surface area contributed by atoms with Crippen molar-refractivity contribution < 1.29 is 0 Å². The van der Waals surface area contributed by atoms with Gasteiger partial charge in [0.25, 0.3) is 0 Å². The van der Waals surface area contributed by atoms with Gasteiger partial charge in [-0.2, -0.15) is 0 Å². The standard InChI is InChI=1S/C17H17N5/c1-2-9-19-15(4-1)5-3-10-20-17-21-13-8-16(22-17)14-6-11-18-12-7-14/h1-2,4,6-9,11-13H,3,5,10H2,(H,20,21,22). The Kier molecular flexibility index (Phi) is 4.67. The highest BCUT2D eigenvalue weighted by Gasteiger charge is 2.01. The van der Waals surface area contributed by atoms with Crippen LogP contribution in [0.1, 0.15) is 12.1 Å². The number of nitrogens with zero attached hydrogens (tertiary/aromatic N) is 4.